The van der Waals surface area contributed by atoms with E-state index in [0.717, 1.165) is 50.0 Å². The van der Waals surface area contributed by atoms with E-state index in [1.165, 1.54) is 12.5 Å². The van der Waals surface area contributed by atoms with Gasteiger partial charge in [0.15, 0.2) is 0 Å². The summed E-state index contributed by atoms with van der Waals surface area (Å²) >= 11 is 0. The molecule has 1 aliphatic heterocycles. The summed E-state index contributed by atoms with van der Waals surface area (Å²) in [6.07, 6.45) is -1.58. The van der Waals surface area contributed by atoms with E-state index in [-0.39, 0.29) is 5.82 Å². The van der Waals surface area contributed by atoms with Crippen molar-refractivity contribution in [2.24, 2.45) is 11.8 Å². The number of aryl methyl sites for hydroxylation is 1. The Balaban J connectivity index is 1.57. The lowest BCUT2D eigenvalue weighted by Crippen LogP contribution is -2.39. The van der Waals surface area contributed by atoms with E-state index in [4.69, 9.17) is 4.52 Å². The zero-order chi connectivity index (χ0) is 18.7. The third-order valence-electron chi connectivity index (χ3n) is 4.73. The molecule has 0 bridgehead atoms. The van der Waals surface area contributed by atoms with E-state index in [9.17, 15) is 13.2 Å². The molecule has 2 heterocycles. The third kappa shape index (κ3) is 4.84. The molecule has 0 unspecified atom stereocenters. The number of hydrogen-bond donors (Lipinski definition) is 0. The van der Waals surface area contributed by atoms with Crippen molar-refractivity contribution in [1.82, 2.24) is 15.0 Å². The van der Waals surface area contributed by atoms with Gasteiger partial charge in [-0.15, -0.1) is 0 Å². The van der Waals surface area contributed by atoms with Crippen LogP contribution in [0.5, 0.6) is 0 Å². The highest BCUT2D eigenvalue weighted by Gasteiger charge is 2.30. The Morgan fingerprint density at radius 2 is 1.92 bits per heavy atom. The van der Waals surface area contributed by atoms with Crippen LogP contribution in [0.25, 0.3) is 11.4 Å². The molecule has 4 nitrogen and oxygen atoms in total. The summed E-state index contributed by atoms with van der Waals surface area (Å²) in [7, 11) is 0. The number of alkyl halides is 3. The molecule has 0 N–H and O–H groups in total. The zero-order valence-electron chi connectivity index (χ0n) is 15.1. The van der Waals surface area contributed by atoms with Crippen LogP contribution < -0.4 is 0 Å². The Kier molecular flexibility index (Phi) is 5.65. The zero-order valence-corrected chi connectivity index (χ0v) is 15.1. The standard InChI is InChI=1S/C19H24F3N3O/c1-13-9-14(2)12-25(11-13)8-4-7-17-23-18(24-26-17)15-5-3-6-16(10-15)19(20,21)22/h3,5-6,10,13-14H,4,7-9,11-12H2,1-2H3/t13-,14-/m1/s1. The SMILES string of the molecule is C[C@@H]1C[C@@H](C)CN(CCCc2nc(-c3cccc(C(F)(F)F)c3)no2)C1. The van der Waals surface area contributed by atoms with Crippen molar-refractivity contribution < 1.29 is 17.7 Å². The number of piperidine rings is 1. The Bertz CT molecular complexity index is 719. The first-order chi connectivity index (χ1) is 12.3. The molecule has 0 radical (unpaired) electrons. The lowest BCUT2D eigenvalue weighted by Gasteiger charge is -2.34. The first-order valence-electron chi connectivity index (χ1n) is 9.04. The second-order valence-corrected chi connectivity index (χ2v) is 7.40. The maximum atomic E-state index is 12.8. The molecule has 7 heteroatoms. The first kappa shape index (κ1) is 18.9. The van der Waals surface area contributed by atoms with E-state index >= 15 is 0 Å². The predicted molar refractivity (Wildman–Crippen MR) is 92.4 cm³/mol. The van der Waals surface area contributed by atoms with E-state index in [0.29, 0.717) is 17.9 Å². The van der Waals surface area contributed by atoms with Crippen molar-refractivity contribution in [2.45, 2.75) is 39.3 Å². The average molecular weight is 367 g/mol. The van der Waals surface area contributed by atoms with Crippen molar-refractivity contribution >= 4 is 0 Å². The predicted octanol–water partition coefficient (Wildman–Crippen LogP) is 4.67. The summed E-state index contributed by atoms with van der Waals surface area (Å²) in [4.78, 5) is 6.71. The minimum atomic E-state index is -4.38. The van der Waals surface area contributed by atoms with Crippen LogP contribution in [0.3, 0.4) is 0 Å². The minimum absolute atomic E-state index is 0.200. The summed E-state index contributed by atoms with van der Waals surface area (Å²) in [6.45, 7) is 7.76. The lowest BCUT2D eigenvalue weighted by atomic mass is 9.92. The second-order valence-electron chi connectivity index (χ2n) is 7.40. The molecule has 1 aliphatic rings. The van der Waals surface area contributed by atoms with Crippen LogP contribution in [0, 0.1) is 11.8 Å². The van der Waals surface area contributed by atoms with Gasteiger partial charge in [-0.3, -0.25) is 0 Å². The molecule has 2 aromatic rings. The van der Waals surface area contributed by atoms with Gasteiger partial charge in [-0.1, -0.05) is 31.1 Å². The second kappa shape index (κ2) is 7.78. The molecule has 1 aromatic heterocycles. The number of aromatic nitrogens is 2. The van der Waals surface area contributed by atoms with Crippen LogP contribution in [0.4, 0.5) is 13.2 Å². The quantitative estimate of drug-likeness (QED) is 0.770. The van der Waals surface area contributed by atoms with E-state index in [1.807, 2.05) is 0 Å². The van der Waals surface area contributed by atoms with Gasteiger partial charge >= 0.3 is 6.18 Å². The molecule has 0 amide bonds. The van der Waals surface area contributed by atoms with Crippen LogP contribution in [-0.2, 0) is 12.6 Å². The molecule has 142 valence electrons. The topological polar surface area (TPSA) is 42.2 Å². The normalized spacial score (nSPS) is 21.9. The van der Waals surface area contributed by atoms with Gasteiger partial charge in [0.05, 0.1) is 5.56 Å². The van der Waals surface area contributed by atoms with Gasteiger partial charge in [0, 0.05) is 25.1 Å². The Morgan fingerprint density at radius 3 is 2.62 bits per heavy atom. The fourth-order valence-corrected chi connectivity index (χ4v) is 3.74. The number of rotatable bonds is 5. The Hall–Kier alpha value is -1.89. The highest BCUT2D eigenvalue weighted by atomic mass is 19.4. The van der Waals surface area contributed by atoms with Crippen LogP contribution >= 0.6 is 0 Å². The highest BCUT2D eigenvalue weighted by Crippen LogP contribution is 2.31. The molecule has 0 spiro atoms. The number of hydrogen-bond acceptors (Lipinski definition) is 4. The van der Waals surface area contributed by atoms with E-state index in [1.54, 1.807) is 6.07 Å². The van der Waals surface area contributed by atoms with Crippen molar-refractivity contribution in [3.05, 3.63) is 35.7 Å². The van der Waals surface area contributed by atoms with E-state index < -0.39 is 11.7 Å². The van der Waals surface area contributed by atoms with Gasteiger partial charge < -0.3 is 9.42 Å². The molecule has 0 saturated carbocycles. The summed E-state index contributed by atoms with van der Waals surface area (Å²) in [5.41, 5.74) is -0.400. The minimum Gasteiger partial charge on any atom is -0.339 e. The fraction of sp³-hybridized carbons (Fsp3) is 0.579. The summed E-state index contributed by atoms with van der Waals surface area (Å²) in [5.74, 6) is 2.10. The number of benzene rings is 1. The van der Waals surface area contributed by atoms with Gasteiger partial charge in [0.1, 0.15) is 0 Å². The Morgan fingerprint density at radius 1 is 1.19 bits per heavy atom. The highest BCUT2D eigenvalue weighted by molar-refractivity contribution is 5.55. The van der Waals surface area contributed by atoms with Crippen LogP contribution in [0.15, 0.2) is 28.8 Å². The molecule has 3 rings (SSSR count). The average Bonchev–Trinajstić information content (AvgIpc) is 3.02. The van der Waals surface area contributed by atoms with Crippen LogP contribution in [0.1, 0.15) is 38.1 Å². The fourth-order valence-electron chi connectivity index (χ4n) is 3.74. The maximum absolute atomic E-state index is 12.8. The molecular formula is C19H24F3N3O. The van der Waals surface area contributed by atoms with Crippen molar-refractivity contribution in [2.75, 3.05) is 19.6 Å². The monoisotopic (exact) mass is 367 g/mol. The Labute approximate surface area is 151 Å². The van der Waals surface area contributed by atoms with Gasteiger partial charge in [-0.25, -0.2) is 0 Å². The maximum Gasteiger partial charge on any atom is 0.416 e. The molecule has 1 saturated heterocycles. The summed E-state index contributed by atoms with van der Waals surface area (Å²) in [5, 5.41) is 3.83. The van der Waals surface area contributed by atoms with Crippen molar-refractivity contribution in [1.29, 1.82) is 0 Å². The summed E-state index contributed by atoms with van der Waals surface area (Å²) < 4.78 is 43.7. The smallest absolute Gasteiger partial charge is 0.339 e. The third-order valence-corrected chi connectivity index (χ3v) is 4.73. The van der Waals surface area contributed by atoms with E-state index in [2.05, 4.69) is 28.9 Å². The van der Waals surface area contributed by atoms with Crippen molar-refractivity contribution in [3.8, 4) is 11.4 Å². The molecular weight excluding hydrogens is 343 g/mol. The van der Waals surface area contributed by atoms with Crippen LogP contribution in [0.2, 0.25) is 0 Å². The largest absolute Gasteiger partial charge is 0.416 e. The number of halogens is 3. The van der Waals surface area contributed by atoms with Gasteiger partial charge in [-0.05, 0) is 43.4 Å². The number of likely N-dealkylation sites (tertiary alicyclic amines) is 1. The van der Waals surface area contributed by atoms with Crippen molar-refractivity contribution in [3.63, 3.8) is 0 Å². The van der Waals surface area contributed by atoms with Crippen LogP contribution in [-0.4, -0.2) is 34.7 Å². The molecule has 26 heavy (non-hydrogen) atoms. The molecule has 0 aliphatic carbocycles. The lowest BCUT2D eigenvalue weighted by molar-refractivity contribution is -0.137. The van der Waals surface area contributed by atoms with Gasteiger partial charge in [0.25, 0.3) is 0 Å². The summed E-state index contributed by atoms with van der Waals surface area (Å²) in [6, 6.07) is 4.99. The molecule has 2 atom stereocenters. The first-order valence-corrected chi connectivity index (χ1v) is 9.04. The van der Waals surface area contributed by atoms with Gasteiger partial charge in [-0.2, -0.15) is 18.2 Å². The number of nitrogens with zero attached hydrogens (tertiary/aromatic N) is 3. The molecule has 1 fully saturated rings. The molecule has 1 aromatic carbocycles. The van der Waals surface area contributed by atoms with Gasteiger partial charge in [0.2, 0.25) is 11.7 Å².